The minimum absolute atomic E-state index is 0.143. The van der Waals surface area contributed by atoms with E-state index in [2.05, 4.69) is 11.9 Å². The maximum Gasteiger partial charge on any atom is 0.251 e. The monoisotopic (exact) mass is 302 g/mol. The highest BCUT2D eigenvalue weighted by molar-refractivity contribution is 6.01. The molecule has 0 radical (unpaired) electrons. The Bertz CT molecular complexity index is 592. The number of nitrogens with one attached hydrogen (secondary N) is 1. The Morgan fingerprint density at radius 2 is 1.95 bits per heavy atom. The summed E-state index contributed by atoms with van der Waals surface area (Å²) in [4.78, 5) is 25.1. The molecule has 0 bridgehead atoms. The third-order valence-corrected chi connectivity index (χ3v) is 4.27. The van der Waals surface area contributed by atoms with E-state index < -0.39 is 6.10 Å². The third-order valence-electron chi connectivity index (χ3n) is 4.27. The van der Waals surface area contributed by atoms with Crippen molar-refractivity contribution in [2.24, 2.45) is 5.41 Å². The number of anilines is 1. The molecule has 0 aromatic heterocycles. The number of rotatable bonds is 4. The Morgan fingerprint density at radius 3 is 2.41 bits per heavy atom. The van der Waals surface area contributed by atoms with Gasteiger partial charge in [0.2, 0.25) is 5.91 Å². The second-order valence-corrected chi connectivity index (χ2v) is 6.37. The van der Waals surface area contributed by atoms with E-state index in [-0.39, 0.29) is 23.3 Å². The minimum atomic E-state index is -0.521. The van der Waals surface area contributed by atoms with Crippen molar-refractivity contribution in [3.8, 4) is 0 Å². The van der Waals surface area contributed by atoms with E-state index in [1.54, 1.807) is 31.3 Å². The van der Waals surface area contributed by atoms with Crippen LogP contribution in [-0.2, 0) is 4.79 Å². The second-order valence-electron chi connectivity index (χ2n) is 6.37. The van der Waals surface area contributed by atoms with Gasteiger partial charge in [0.25, 0.3) is 5.91 Å². The van der Waals surface area contributed by atoms with Crippen LogP contribution in [0, 0.1) is 5.41 Å². The third kappa shape index (κ3) is 3.04. The molecule has 0 unspecified atom stereocenters. The van der Waals surface area contributed by atoms with Crippen molar-refractivity contribution in [2.45, 2.75) is 32.4 Å². The SMILES string of the molecule is C=CC(=O)N(C)c1ccc(C(=O)N[C@@H]2CC(C)(C)[C@@H]2O)cc1. The molecule has 1 saturated carbocycles. The van der Waals surface area contributed by atoms with Gasteiger partial charge in [-0.05, 0) is 42.2 Å². The van der Waals surface area contributed by atoms with Gasteiger partial charge in [-0.1, -0.05) is 20.4 Å². The number of hydrogen-bond donors (Lipinski definition) is 2. The number of aliphatic hydroxyl groups is 1. The number of benzene rings is 1. The minimum Gasteiger partial charge on any atom is -0.390 e. The Morgan fingerprint density at radius 1 is 1.36 bits per heavy atom. The Hall–Kier alpha value is -2.14. The summed E-state index contributed by atoms with van der Waals surface area (Å²) in [6.45, 7) is 7.39. The molecule has 0 heterocycles. The van der Waals surface area contributed by atoms with E-state index in [1.807, 2.05) is 13.8 Å². The fourth-order valence-electron chi connectivity index (χ4n) is 2.67. The van der Waals surface area contributed by atoms with Crippen LogP contribution in [0.3, 0.4) is 0 Å². The first-order chi connectivity index (χ1) is 10.3. The van der Waals surface area contributed by atoms with Crippen molar-refractivity contribution in [2.75, 3.05) is 11.9 Å². The second kappa shape index (κ2) is 5.93. The van der Waals surface area contributed by atoms with Crippen molar-refractivity contribution in [1.29, 1.82) is 0 Å². The van der Waals surface area contributed by atoms with Gasteiger partial charge in [-0.25, -0.2) is 0 Å². The summed E-state index contributed by atoms with van der Waals surface area (Å²) in [6.07, 6.45) is 1.47. The molecule has 0 aliphatic heterocycles. The van der Waals surface area contributed by atoms with Gasteiger partial charge in [0, 0.05) is 18.3 Å². The predicted molar refractivity (Wildman–Crippen MR) is 85.7 cm³/mol. The smallest absolute Gasteiger partial charge is 0.251 e. The molecule has 0 spiro atoms. The summed E-state index contributed by atoms with van der Waals surface area (Å²) < 4.78 is 0. The van der Waals surface area contributed by atoms with E-state index in [4.69, 9.17) is 0 Å². The number of amides is 2. The molecule has 2 rings (SSSR count). The maximum atomic E-state index is 12.2. The zero-order chi connectivity index (χ0) is 16.5. The average Bonchev–Trinajstić information content (AvgIpc) is 2.52. The number of likely N-dealkylation sites (N-methyl/N-ethyl adjacent to an activating group) is 1. The summed E-state index contributed by atoms with van der Waals surface area (Å²) >= 11 is 0. The highest BCUT2D eigenvalue weighted by Gasteiger charge is 2.46. The lowest BCUT2D eigenvalue weighted by atomic mass is 9.65. The number of aliphatic hydroxyl groups excluding tert-OH is 1. The van der Waals surface area contributed by atoms with Crippen LogP contribution in [0.1, 0.15) is 30.6 Å². The van der Waals surface area contributed by atoms with Crippen molar-refractivity contribution in [1.82, 2.24) is 5.32 Å². The molecular weight excluding hydrogens is 280 g/mol. The molecule has 5 nitrogen and oxygen atoms in total. The zero-order valence-corrected chi connectivity index (χ0v) is 13.2. The van der Waals surface area contributed by atoms with E-state index in [0.29, 0.717) is 11.3 Å². The largest absolute Gasteiger partial charge is 0.390 e. The molecule has 118 valence electrons. The quantitative estimate of drug-likeness (QED) is 0.832. The molecule has 1 aromatic carbocycles. The van der Waals surface area contributed by atoms with Crippen LogP contribution in [0.5, 0.6) is 0 Å². The molecular formula is C17H22N2O3. The first kappa shape index (κ1) is 16.2. The van der Waals surface area contributed by atoms with Crippen molar-refractivity contribution < 1.29 is 14.7 Å². The number of carbonyl (C=O) groups is 2. The van der Waals surface area contributed by atoms with E-state index in [1.165, 1.54) is 11.0 Å². The molecule has 2 amide bonds. The van der Waals surface area contributed by atoms with Crippen LogP contribution in [0.15, 0.2) is 36.9 Å². The van der Waals surface area contributed by atoms with Crippen LogP contribution in [0.4, 0.5) is 5.69 Å². The zero-order valence-electron chi connectivity index (χ0n) is 13.2. The van der Waals surface area contributed by atoms with Crippen LogP contribution in [0.25, 0.3) is 0 Å². The van der Waals surface area contributed by atoms with Gasteiger partial charge in [0.1, 0.15) is 0 Å². The van der Waals surface area contributed by atoms with E-state index in [0.717, 1.165) is 6.42 Å². The maximum absolute atomic E-state index is 12.2. The van der Waals surface area contributed by atoms with Crippen molar-refractivity contribution in [3.05, 3.63) is 42.5 Å². The van der Waals surface area contributed by atoms with Crippen LogP contribution < -0.4 is 10.2 Å². The van der Waals surface area contributed by atoms with Crippen molar-refractivity contribution >= 4 is 17.5 Å². The van der Waals surface area contributed by atoms with Crippen molar-refractivity contribution in [3.63, 3.8) is 0 Å². The van der Waals surface area contributed by atoms with Gasteiger partial charge in [-0.3, -0.25) is 9.59 Å². The molecule has 2 atom stereocenters. The normalized spacial score (nSPS) is 22.4. The van der Waals surface area contributed by atoms with Gasteiger partial charge >= 0.3 is 0 Å². The van der Waals surface area contributed by atoms with E-state index in [9.17, 15) is 14.7 Å². The summed E-state index contributed by atoms with van der Waals surface area (Å²) in [6, 6.07) is 6.53. The van der Waals surface area contributed by atoms with Crippen LogP contribution in [0.2, 0.25) is 0 Å². The molecule has 22 heavy (non-hydrogen) atoms. The highest BCUT2D eigenvalue weighted by Crippen LogP contribution is 2.40. The predicted octanol–water partition coefficient (Wildman–Crippen LogP) is 1.72. The first-order valence-electron chi connectivity index (χ1n) is 7.25. The highest BCUT2D eigenvalue weighted by atomic mass is 16.3. The molecule has 0 saturated heterocycles. The Kier molecular flexibility index (Phi) is 4.37. The Labute approximate surface area is 130 Å². The van der Waals surface area contributed by atoms with Gasteiger partial charge in [-0.15, -0.1) is 0 Å². The molecule has 2 N–H and O–H groups in total. The molecule has 1 aromatic rings. The molecule has 1 fully saturated rings. The lowest BCUT2D eigenvalue weighted by Gasteiger charge is -2.48. The molecule has 5 heteroatoms. The van der Waals surface area contributed by atoms with E-state index >= 15 is 0 Å². The number of nitrogens with zero attached hydrogens (tertiary/aromatic N) is 1. The first-order valence-corrected chi connectivity index (χ1v) is 7.25. The number of hydrogen-bond acceptors (Lipinski definition) is 3. The summed E-state index contributed by atoms with van der Waals surface area (Å²) in [7, 11) is 1.64. The summed E-state index contributed by atoms with van der Waals surface area (Å²) in [5.41, 5.74) is 1.04. The van der Waals surface area contributed by atoms with Crippen LogP contribution in [-0.4, -0.2) is 36.1 Å². The van der Waals surface area contributed by atoms with Gasteiger partial charge in [-0.2, -0.15) is 0 Å². The van der Waals surface area contributed by atoms with Gasteiger partial charge in [0.05, 0.1) is 12.1 Å². The summed E-state index contributed by atoms with van der Waals surface area (Å²) in [5, 5.41) is 12.8. The fourth-order valence-corrected chi connectivity index (χ4v) is 2.67. The topological polar surface area (TPSA) is 69.6 Å². The Balaban J connectivity index is 2.00. The molecule has 1 aliphatic carbocycles. The fraction of sp³-hybridized carbons (Fsp3) is 0.412. The molecule has 1 aliphatic rings. The van der Waals surface area contributed by atoms with Crippen LogP contribution >= 0.6 is 0 Å². The summed E-state index contributed by atoms with van der Waals surface area (Å²) in [5.74, 6) is -0.430. The van der Waals surface area contributed by atoms with Gasteiger partial charge in [0.15, 0.2) is 0 Å². The number of carbonyl (C=O) groups excluding carboxylic acids is 2. The van der Waals surface area contributed by atoms with Gasteiger partial charge < -0.3 is 15.3 Å². The average molecular weight is 302 g/mol. The standard InChI is InChI=1S/C17H22N2O3/c1-5-14(20)19(4)12-8-6-11(7-9-12)16(22)18-13-10-17(2,3)15(13)21/h5-9,13,15,21H,1,10H2,2-4H3,(H,18,22)/t13-,15-/m1/s1. The lowest BCUT2D eigenvalue weighted by molar-refractivity contribution is -0.113. The lowest BCUT2D eigenvalue weighted by Crippen LogP contribution is -2.60.